The smallest absolute Gasteiger partial charge is 0.324 e. The van der Waals surface area contributed by atoms with Crippen LogP contribution in [0.4, 0.5) is 18.9 Å². The van der Waals surface area contributed by atoms with Crippen LogP contribution >= 0.6 is 23.2 Å². The highest BCUT2D eigenvalue weighted by Gasteiger charge is 2.34. The standard InChI is InChI=1S/C16H13Cl2F3N2O3S/c1-9(23-27(25,26)12-5-2-10(17)3-6-12)15(24)22-14-7-4-11(18)8-13(14)16(19,20)21/h2-9,23H,1H3,(H,22,24)/t9-/m0/s1. The van der Waals surface area contributed by atoms with E-state index in [2.05, 4.69) is 10.0 Å². The van der Waals surface area contributed by atoms with Crippen molar-refractivity contribution >= 4 is 44.8 Å². The maximum Gasteiger partial charge on any atom is 0.418 e. The molecule has 1 amide bonds. The molecule has 0 aliphatic carbocycles. The Hall–Kier alpha value is -1.81. The highest BCUT2D eigenvalue weighted by Crippen LogP contribution is 2.36. The molecule has 0 aliphatic heterocycles. The minimum Gasteiger partial charge on any atom is -0.324 e. The molecule has 0 saturated heterocycles. The van der Waals surface area contributed by atoms with Crippen molar-refractivity contribution < 1.29 is 26.4 Å². The Morgan fingerprint density at radius 2 is 1.59 bits per heavy atom. The topological polar surface area (TPSA) is 75.3 Å². The van der Waals surface area contributed by atoms with Crippen molar-refractivity contribution in [2.24, 2.45) is 0 Å². The van der Waals surface area contributed by atoms with E-state index in [1.165, 1.54) is 37.3 Å². The lowest BCUT2D eigenvalue weighted by atomic mass is 10.1. The van der Waals surface area contributed by atoms with Gasteiger partial charge in [0.05, 0.1) is 22.2 Å². The zero-order valence-corrected chi connectivity index (χ0v) is 16.0. The van der Waals surface area contributed by atoms with Crippen LogP contribution in [-0.4, -0.2) is 20.4 Å². The van der Waals surface area contributed by atoms with Crippen LogP contribution in [0.15, 0.2) is 47.4 Å². The first-order chi connectivity index (χ1) is 12.4. The van der Waals surface area contributed by atoms with E-state index in [0.29, 0.717) is 11.1 Å². The van der Waals surface area contributed by atoms with Crippen LogP contribution in [0, 0.1) is 0 Å². The fourth-order valence-electron chi connectivity index (χ4n) is 2.07. The largest absolute Gasteiger partial charge is 0.418 e. The Morgan fingerprint density at radius 3 is 2.15 bits per heavy atom. The Labute approximate surface area is 163 Å². The van der Waals surface area contributed by atoms with Gasteiger partial charge in [-0.15, -0.1) is 0 Å². The molecule has 0 aliphatic rings. The lowest BCUT2D eigenvalue weighted by Gasteiger charge is -2.17. The van der Waals surface area contributed by atoms with Crippen LogP contribution in [0.1, 0.15) is 12.5 Å². The summed E-state index contributed by atoms with van der Waals surface area (Å²) in [6, 6.07) is 6.65. The number of amides is 1. The first kappa shape index (κ1) is 21.5. The molecule has 2 aromatic rings. The molecular formula is C16H13Cl2F3N2O3S. The SMILES string of the molecule is C[C@H](NS(=O)(=O)c1ccc(Cl)cc1)C(=O)Nc1ccc(Cl)cc1C(F)(F)F. The van der Waals surface area contributed by atoms with E-state index in [1.807, 2.05) is 0 Å². The molecule has 0 spiro atoms. The number of anilines is 1. The molecule has 27 heavy (non-hydrogen) atoms. The number of benzene rings is 2. The predicted octanol–water partition coefficient (Wildman–Crippen LogP) is 4.32. The van der Waals surface area contributed by atoms with Gasteiger partial charge in [0.25, 0.3) is 0 Å². The van der Waals surface area contributed by atoms with Gasteiger partial charge in [-0.1, -0.05) is 23.2 Å². The average Bonchev–Trinajstić information content (AvgIpc) is 2.55. The fourth-order valence-corrected chi connectivity index (χ4v) is 3.57. The molecule has 0 radical (unpaired) electrons. The van der Waals surface area contributed by atoms with Gasteiger partial charge in [0, 0.05) is 10.0 Å². The van der Waals surface area contributed by atoms with E-state index >= 15 is 0 Å². The van der Waals surface area contributed by atoms with Crippen LogP contribution in [0.5, 0.6) is 0 Å². The van der Waals surface area contributed by atoms with Gasteiger partial charge in [0.15, 0.2) is 0 Å². The Balaban J connectivity index is 2.18. The van der Waals surface area contributed by atoms with E-state index in [0.717, 1.165) is 6.07 Å². The summed E-state index contributed by atoms with van der Waals surface area (Å²) in [5, 5.41) is 2.23. The Morgan fingerprint density at radius 1 is 1.04 bits per heavy atom. The van der Waals surface area contributed by atoms with Gasteiger partial charge in [0.1, 0.15) is 0 Å². The Kier molecular flexibility index (Phi) is 6.41. The summed E-state index contributed by atoms with van der Waals surface area (Å²) in [5.41, 5.74) is -1.68. The molecule has 0 unspecified atom stereocenters. The van der Waals surface area contributed by atoms with Gasteiger partial charge in [-0.05, 0) is 49.4 Å². The summed E-state index contributed by atoms with van der Waals surface area (Å²) in [4.78, 5) is 12.0. The predicted molar refractivity (Wildman–Crippen MR) is 96.3 cm³/mol. The summed E-state index contributed by atoms with van der Waals surface area (Å²) in [6.07, 6.45) is -4.75. The highest BCUT2D eigenvalue weighted by atomic mass is 35.5. The normalized spacial score (nSPS) is 13.3. The molecule has 2 rings (SSSR count). The maximum atomic E-state index is 13.1. The van der Waals surface area contributed by atoms with Crippen molar-refractivity contribution in [2.75, 3.05) is 5.32 Å². The summed E-state index contributed by atoms with van der Waals surface area (Å²) >= 11 is 11.3. The number of hydrogen-bond donors (Lipinski definition) is 2. The third kappa shape index (κ3) is 5.58. The zero-order chi connectivity index (χ0) is 20.4. The monoisotopic (exact) mass is 440 g/mol. The van der Waals surface area contributed by atoms with Crippen molar-refractivity contribution in [3.8, 4) is 0 Å². The molecule has 0 fully saturated rings. The third-order valence-electron chi connectivity index (χ3n) is 3.39. The van der Waals surface area contributed by atoms with Crippen LogP contribution in [0.2, 0.25) is 10.0 Å². The molecule has 0 aromatic heterocycles. The second-order valence-corrected chi connectivity index (χ2v) is 8.06. The quantitative estimate of drug-likeness (QED) is 0.726. The van der Waals surface area contributed by atoms with Gasteiger partial charge in [-0.25, -0.2) is 8.42 Å². The summed E-state index contributed by atoms with van der Waals surface area (Å²) < 4.78 is 65.8. The molecule has 1 atom stereocenters. The molecule has 0 heterocycles. The second-order valence-electron chi connectivity index (χ2n) is 5.47. The van der Waals surface area contributed by atoms with Gasteiger partial charge in [-0.2, -0.15) is 17.9 Å². The first-order valence-electron chi connectivity index (χ1n) is 7.35. The molecule has 11 heteroatoms. The van der Waals surface area contributed by atoms with Crippen molar-refractivity contribution in [1.82, 2.24) is 4.72 Å². The van der Waals surface area contributed by atoms with E-state index in [-0.39, 0.29) is 9.92 Å². The van der Waals surface area contributed by atoms with Crippen molar-refractivity contribution in [3.05, 3.63) is 58.1 Å². The van der Waals surface area contributed by atoms with Crippen molar-refractivity contribution in [1.29, 1.82) is 0 Å². The van der Waals surface area contributed by atoms with Crippen LogP contribution in [0.3, 0.4) is 0 Å². The van der Waals surface area contributed by atoms with Crippen molar-refractivity contribution in [2.45, 2.75) is 24.0 Å². The molecular weight excluding hydrogens is 428 g/mol. The van der Waals surface area contributed by atoms with Gasteiger partial charge in [0.2, 0.25) is 15.9 Å². The average molecular weight is 441 g/mol. The van der Waals surface area contributed by atoms with Gasteiger partial charge in [-0.3, -0.25) is 4.79 Å². The van der Waals surface area contributed by atoms with Gasteiger partial charge < -0.3 is 5.32 Å². The fraction of sp³-hybridized carbons (Fsp3) is 0.188. The zero-order valence-electron chi connectivity index (χ0n) is 13.6. The maximum absolute atomic E-state index is 13.1. The number of sulfonamides is 1. The summed E-state index contributed by atoms with van der Waals surface area (Å²) in [6.45, 7) is 1.20. The number of carbonyl (C=O) groups excluding carboxylic acids is 1. The summed E-state index contributed by atoms with van der Waals surface area (Å²) in [7, 11) is -4.07. The molecule has 2 aromatic carbocycles. The van der Waals surface area contributed by atoms with E-state index in [9.17, 15) is 26.4 Å². The molecule has 0 bridgehead atoms. The second kappa shape index (κ2) is 8.05. The lowest BCUT2D eigenvalue weighted by molar-refractivity contribution is -0.137. The van der Waals surface area contributed by atoms with Crippen molar-refractivity contribution in [3.63, 3.8) is 0 Å². The van der Waals surface area contributed by atoms with Crippen LogP contribution < -0.4 is 10.0 Å². The lowest BCUT2D eigenvalue weighted by Crippen LogP contribution is -2.41. The van der Waals surface area contributed by atoms with E-state index in [1.54, 1.807) is 0 Å². The molecule has 5 nitrogen and oxygen atoms in total. The third-order valence-corrected chi connectivity index (χ3v) is 5.44. The molecule has 2 N–H and O–H groups in total. The number of hydrogen-bond acceptors (Lipinski definition) is 3. The van der Waals surface area contributed by atoms with E-state index in [4.69, 9.17) is 23.2 Å². The highest BCUT2D eigenvalue weighted by molar-refractivity contribution is 7.89. The molecule has 146 valence electrons. The van der Waals surface area contributed by atoms with Crippen LogP contribution in [0.25, 0.3) is 0 Å². The number of alkyl halides is 3. The summed E-state index contributed by atoms with van der Waals surface area (Å²) in [5.74, 6) is -0.972. The molecule has 0 saturated carbocycles. The number of rotatable bonds is 5. The number of halogens is 5. The van der Waals surface area contributed by atoms with Gasteiger partial charge >= 0.3 is 6.18 Å². The van der Waals surface area contributed by atoms with Crippen LogP contribution in [-0.2, 0) is 21.0 Å². The minimum atomic E-state index is -4.75. The first-order valence-corrected chi connectivity index (χ1v) is 9.59. The van der Waals surface area contributed by atoms with E-state index < -0.39 is 39.4 Å². The number of nitrogens with one attached hydrogen (secondary N) is 2. The number of carbonyl (C=O) groups is 1. The minimum absolute atomic E-state index is 0.144. The Bertz CT molecular complexity index is 948.